The van der Waals surface area contributed by atoms with Gasteiger partial charge in [-0.3, -0.25) is 0 Å². The highest BCUT2D eigenvalue weighted by Gasteiger charge is 2.00. The molecule has 2 rings (SSSR count). The molecule has 0 fully saturated rings. The van der Waals surface area contributed by atoms with Crippen molar-refractivity contribution in [2.24, 2.45) is 0 Å². The Morgan fingerprint density at radius 2 is 2.10 bits per heavy atom. The lowest BCUT2D eigenvalue weighted by atomic mass is 10.1. The summed E-state index contributed by atoms with van der Waals surface area (Å²) in [5.41, 5.74) is 1.20. The zero-order valence-electron chi connectivity index (χ0n) is 12.5. The minimum Gasteiger partial charge on any atom is -0.497 e. The van der Waals surface area contributed by atoms with Crippen molar-refractivity contribution in [3.8, 4) is 5.75 Å². The highest BCUT2D eigenvalue weighted by Crippen LogP contribution is 2.13. The van der Waals surface area contributed by atoms with E-state index in [1.54, 1.807) is 13.3 Å². The van der Waals surface area contributed by atoms with E-state index in [0.717, 1.165) is 37.5 Å². The van der Waals surface area contributed by atoms with Crippen LogP contribution in [0.3, 0.4) is 0 Å². The van der Waals surface area contributed by atoms with Gasteiger partial charge in [-0.2, -0.15) is 10.1 Å². The monoisotopic (exact) mass is 287 g/mol. The first kappa shape index (κ1) is 15.0. The van der Waals surface area contributed by atoms with Gasteiger partial charge in [-0.25, -0.2) is 0 Å². The molecule has 2 N–H and O–H groups in total. The maximum atomic E-state index is 5.21. The first-order valence-corrected chi connectivity index (χ1v) is 7.12. The van der Waals surface area contributed by atoms with Crippen molar-refractivity contribution in [1.29, 1.82) is 0 Å². The zero-order chi connectivity index (χ0) is 14.9. The molecule has 0 atom stereocenters. The van der Waals surface area contributed by atoms with E-state index in [-0.39, 0.29) is 0 Å². The summed E-state index contributed by atoms with van der Waals surface area (Å²) in [6, 6.07) is 8.02. The molecule has 0 aliphatic rings. The van der Waals surface area contributed by atoms with Crippen LogP contribution in [-0.2, 0) is 6.42 Å². The van der Waals surface area contributed by atoms with Crippen molar-refractivity contribution in [2.75, 3.05) is 30.8 Å². The molecule has 0 spiro atoms. The summed E-state index contributed by atoms with van der Waals surface area (Å²) in [5, 5.41) is 14.3. The van der Waals surface area contributed by atoms with Crippen LogP contribution in [0.15, 0.2) is 30.5 Å². The number of anilines is 2. The topological polar surface area (TPSA) is 72.0 Å². The molecule has 0 bridgehead atoms. The van der Waals surface area contributed by atoms with Gasteiger partial charge in [0.15, 0.2) is 0 Å². The Balaban J connectivity index is 1.85. The molecule has 0 aliphatic heterocycles. The second-order valence-corrected chi connectivity index (χ2v) is 4.62. The molecule has 0 unspecified atom stereocenters. The van der Waals surface area contributed by atoms with Crippen molar-refractivity contribution >= 4 is 11.8 Å². The summed E-state index contributed by atoms with van der Waals surface area (Å²) in [6.07, 6.45) is 3.54. The van der Waals surface area contributed by atoms with Gasteiger partial charge < -0.3 is 15.4 Å². The van der Waals surface area contributed by atoms with Gasteiger partial charge in [-0.05, 0) is 30.5 Å². The SMILES string of the molecule is CCCNc1cnnc(NCCc2cccc(OC)c2)n1. The van der Waals surface area contributed by atoms with E-state index >= 15 is 0 Å². The Kier molecular flexibility index (Phi) is 5.75. The molecule has 6 heteroatoms. The minimum atomic E-state index is 0.541. The largest absolute Gasteiger partial charge is 0.497 e. The van der Waals surface area contributed by atoms with Gasteiger partial charge in [-0.15, -0.1) is 5.10 Å². The van der Waals surface area contributed by atoms with E-state index in [1.807, 2.05) is 18.2 Å². The molecular weight excluding hydrogens is 266 g/mol. The Bertz CT molecular complexity index is 561. The van der Waals surface area contributed by atoms with Crippen molar-refractivity contribution in [3.05, 3.63) is 36.0 Å². The van der Waals surface area contributed by atoms with Gasteiger partial charge in [0, 0.05) is 13.1 Å². The third-order valence-corrected chi connectivity index (χ3v) is 2.95. The summed E-state index contributed by atoms with van der Waals surface area (Å²) in [4.78, 5) is 4.35. The third-order valence-electron chi connectivity index (χ3n) is 2.95. The molecule has 0 saturated carbocycles. The third kappa shape index (κ3) is 4.91. The van der Waals surface area contributed by atoms with Crippen LogP contribution < -0.4 is 15.4 Å². The number of aromatic nitrogens is 3. The number of rotatable bonds is 8. The van der Waals surface area contributed by atoms with Gasteiger partial charge in [0.05, 0.1) is 13.3 Å². The van der Waals surface area contributed by atoms with E-state index in [4.69, 9.17) is 4.74 Å². The molecule has 6 nitrogen and oxygen atoms in total. The van der Waals surface area contributed by atoms with E-state index in [9.17, 15) is 0 Å². The number of benzene rings is 1. The predicted octanol–water partition coefficient (Wildman–Crippen LogP) is 2.36. The lowest BCUT2D eigenvalue weighted by Crippen LogP contribution is -2.11. The molecule has 112 valence electrons. The predicted molar refractivity (Wildman–Crippen MR) is 83.8 cm³/mol. The molecular formula is C15H21N5O. The van der Waals surface area contributed by atoms with Crippen LogP contribution in [-0.4, -0.2) is 35.4 Å². The Labute approximate surface area is 125 Å². The second kappa shape index (κ2) is 8.04. The fraction of sp³-hybridized carbons (Fsp3) is 0.400. The number of hydrogen-bond donors (Lipinski definition) is 2. The summed E-state index contributed by atoms with van der Waals surface area (Å²) in [7, 11) is 1.67. The zero-order valence-corrected chi connectivity index (χ0v) is 12.5. The van der Waals surface area contributed by atoms with Crippen LogP contribution in [0.25, 0.3) is 0 Å². The first-order chi connectivity index (χ1) is 10.3. The van der Waals surface area contributed by atoms with Crippen LogP contribution in [0.4, 0.5) is 11.8 Å². The van der Waals surface area contributed by atoms with E-state index in [1.165, 1.54) is 5.56 Å². The summed E-state index contributed by atoms with van der Waals surface area (Å²) < 4.78 is 5.21. The summed E-state index contributed by atoms with van der Waals surface area (Å²) in [6.45, 7) is 3.73. The summed E-state index contributed by atoms with van der Waals surface area (Å²) >= 11 is 0. The van der Waals surface area contributed by atoms with Crippen LogP contribution in [0, 0.1) is 0 Å². The number of nitrogens with one attached hydrogen (secondary N) is 2. The van der Waals surface area contributed by atoms with Gasteiger partial charge >= 0.3 is 0 Å². The Morgan fingerprint density at radius 3 is 2.90 bits per heavy atom. The van der Waals surface area contributed by atoms with Crippen LogP contribution >= 0.6 is 0 Å². The molecule has 0 aliphatic carbocycles. The van der Waals surface area contributed by atoms with E-state index in [2.05, 4.69) is 38.8 Å². The van der Waals surface area contributed by atoms with Gasteiger partial charge in [0.1, 0.15) is 11.6 Å². The van der Waals surface area contributed by atoms with Crippen LogP contribution in [0.1, 0.15) is 18.9 Å². The first-order valence-electron chi connectivity index (χ1n) is 7.12. The Hall–Kier alpha value is -2.37. The maximum absolute atomic E-state index is 5.21. The quantitative estimate of drug-likeness (QED) is 0.776. The van der Waals surface area contributed by atoms with E-state index in [0.29, 0.717) is 5.95 Å². The lowest BCUT2D eigenvalue weighted by molar-refractivity contribution is 0.414. The minimum absolute atomic E-state index is 0.541. The molecule has 2 aromatic rings. The smallest absolute Gasteiger partial charge is 0.244 e. The normalized spacial score (nSPS) is 10.2. The molecule has 1 aromatic heterocycles. The van der Waals surface area contributed by atoms with Crippen LogP contribution in [0.5, 0.6) is 5.75 Å². The number of methoxy groups -OCH3 is 1. The highest BCUT2D eigenvalue weighted by molar-refractivity contribution is 5.37. The van der Waals surface area contributed by atoms with Gasteiger partial charge in [0.25, 0.3) is 0 Å². The van der Waals surface area contributed by atoms with Crippen LogP contribution in [0.2, 0.25) is 0 Å². The number of hydrogen-bond acceptors (Lipinski definition) is 6. The lowest BCUT2D eigenvalue weighted by Gasteiger charge is -2.07. The average molecular weight is 287 g/mol. The van der Waals surface area contributed by atoms with Crippen molar-refractivity contribution in [3.63, 3.8) is 0 Å². The molecule has 0 radical (unpaired) electrons. The molecule has 1 heterocycles. The standard InChI is InChI=1S/C15H21N5O/c1-3-8-16-14-11-18-20-15(19-14)17-9-7-12-5-4-6-13(10-12)21-2/h4-6,10-11H,3,7-9H2,1-2H3,(H2,16,17,19,20). The number of ether oxygens (including phenoxy) is 1. The summed E-state index contributed by atoms with van der Waals surface area (Å²) in [5.74, 6) is 2.16. The fourth-order valence-electron chi connectivity index (χ4n) is 1.86. The van der Waals surface area contributed by atoms with Crippen molar-refractivity contribution in [1.82, 2.24) is 15.2 Å². The van der Waals surface area contributed by atoms with Crippen molar-refractivity contribution < 1.29 is 4.74 Å². The average Bonchev–Trinajstić information content (AvgIpc) is 2.53. The maximum Gasteiger partial charge on any atom is 0.244 e. The van der Waals surface area contributed by atoms with Crippen molar-refractivity contribution in [2.45, 2.75) is 19.8 Å². The van der Waals surface area contributed by atoms with Gasteiger partial charge in [-0.1, -0.05) is 19.1 Å². The Morgan fingerprint density at radius 1 is 1.19 bits per heavy atom. The van der Waals surface area contributed by atoms with E-state index < -0.39 is 0 Å². The number of nitrogens with zero attached hydrogens (tertiary/aromatic N) is 3. The second-order valence-electron chi connectivity index (χ2n) is 4.62. The molecule has 0 saturated heterocycles. The fourth-order valence-corrected chi connectivity index (χ4v) is 1.86. The molecule has 21 heavy (non-hydrogen) atoms. The highest BCUT2D eigenvalue weighted by atomic mass is 16.5. The van der Waals surface area contributed by atoms with Gasteiger partial charge in [0.2, 0.25) is 5.95 Å². The molecule has 0 amide bonds. The molecule has 1 aromatic carbocycles.